The molecular weight excluding hydrogens is 240 g/mol. The van der Waals surface area contributed by atoms with Crippen molar-refractivity contribution < 1.29 is 13.2 Å². The highest BCUT2D eigenvalue weighted by molar-refractivity contribution is 7.87. The van der Waals surface area contributed by atoms with E-state index in [1.165, 1.54) is 10.7 Å². The zero-order valence-electron chi connectivity index (χ0n) is 11.0. The first-order valence-electron chi connectivity index (χ1n) is 6.21. The fourth-order valence-electron chi connectivity index (χ4n) is 2.26. The van der Waals surface area contributed by atoms with Gasteiger partial charge in [-0.25, -0.2) is 0 Å². The van der Waals surface area contributed by atoms with Crippen LogP contribution in [0.1, 0.15) is 39.0 Å². The van der Waals surface area contributed by atoms with Crippen molar-refractivity contribution in [2.24, 2.45) is 0 Å². The second-order valence-corrected chi connectivity index (χ2v) is 6.55. The van der Waals surface area contributed by atoms with Gasteiger partial charge in [-0.15, -0.1) is 0 Å². The third-order valence-corrected chi connectivity index (χ3v) is 4.99. The van der Waals surface area contributed by atoms with Crippen molar-refractivity contribution in [3.8, 4) is 0 Å². The van der Waals surface area contributed by atoms with Gasteiger partial charge in [0.1, 0.15) is 0 Å². The van der Waals surface area contributed by atoms with Gasteiger partial charge in [-0.05, 0) is 19.8 Å². The molecule has 102 valence electrons. The highest BCUT2D eigenvalue weighted by atomic mass is 32.2. The van der Waals surface area contributed by atoms with Crippen LogP contribution in [-0.2, 0) is 14.9 Å². The Morgan fingerprint density at radius 1 is 1.35 bits per heavy atom. The lowest BCUT2D eigenvalue weighted by Crippen LogP contribution is -2.48. The average Bonchev–Trinajstić information content (AvgIpc) is 2.28. The Labute approximate surface area is 105 Å². The van der Waals surface area contributed by atoms with Crippen molar-refractivity contribution in [2.45, 2.75) is 51.1 Å². The fourth-order valence-corrected chi connectivity index (χ4v) is 3.61. The van der Waals surface area contributed by atoms with Crippen LogP contribution in [0.2, 0.25) is 0 Å². The molecule has 1 aliphatic rings. The molecule has 1 saturated carbocycles. The first-order chi connectivity index (χ1) is 7.97. The number of nitrogens with one attached hydrogen (secondary N) is 1. The van der Waals surface area contributed by atoms with Crippen molar-refractivity contribution in [3.63, 3.8) is 0 Å². The molecule has 1 rings (SSSR count). The Kier molecular flexibility index (Phi) is 5.85. The van der Waals surface area contributed by atoms with Gasteiger partial charge in [0.25, 0.3) is 10.2 Å². The molecule has 0 aromatic rings. The summed E-state index contributed by atoms with van der Waals surface area (Å²) in [6.07, 6.45) is 5.40. The first kappa shape index (κ1) is 14.9. The molecule has 1 atom stereocenters. The minimum absolute atomic E-state index is 0.149. The second-order valence-electron chi connectivity index (χ2n) is 4.79. The topological polar surface area (TPSA) is 58.6 Å². The van der Waals surface area contributed by atoms with Gasteiger partial charge in [-0.1, -0.05) is 19.3 Å². The van der Waals surface area contributed by atoms with Crippen LogP contribution in [0.15, 0.2) is 0 Å². The normalized spacial score (nSPS) is 20.7. The van der Waals surface area contributed by atoms with Gasteiger partial charge in [0.2, 0.25) is 0 Å². The fraction of sp³-hybridized carbons (Fsp3) is 1.00. The van der Waals surface area contributed by atoms with E-state index in [0.717, 1.165) is 25.7 Å². The average molecular weight is 264 g/mol. The molecule has 0 aromatic carbocycles. The molecule has 0 aliphatic heterocycles. The van der Waals surface area contributed by atoms with E-state index >= 15 is 0 Å². The molecule has 0 saturated heterocycles. The molecule has 1 N–H and O–H groups in total. The lowest BCUT2D eigenvalue weighted by molar-refractivity contribution is 0.178. The van der Waals surface area contributed by atoms with Gasteiger partial charge in [-0.2, -0.15) is 17.4 Å². The van der Waals surface area contributed by atoms with Gasteiger partial charge in [0.05, 0.1) is 6.61 Å². The maximum atomic E-state index is 12.1. The van der Waals surface area contributed by atoms with Crippen LogP contribution < -0.4 is 4.72 Å². The van der Waals surface area contributed by atoms with Gasteiger partial charge >= 0.3 is 0 Å². The largest absolute Gasteiger partial charge is 0.383 e. The van der Waals surface area contributed by atoms with E-state index < -0.39 is 10.2 Å². The van der Waals surface area contributed by atoms with E-state index in [1.807, 2.05) is 0 Å². The summed E-state index contributed by atoms with van der Waals surface area (Å²) in [5.74, 6) is 0. The van der Waals surface area contributed by atoms with Crippen molar-refractivity contribution in [1.82, 2.24) is 9.03 Å². The van der Waals surface area contributed by atoms with E-state index in [0.29, 0.717) is 6.61 Å². The van der Waals surface area contributed by atoms with Gasteiger partial charge in [-0.3, -0.25) is 0 Å². The first-order valence-corrected chi connectivity index (χ1v) is 7.65. The molecule has 1 aliphatic carbocycles. The minimum Gasteiger partial charge on any atom is -0.383 e. The summed E-state index contributed by atoms with van der Waals surface area (Å²) < 4.78 is 33.2. The highest BCUT2D eigenvalue weighted by Crippen LogP contribution is 2.23. The van der Waals surface area contributed by atoms with Crippen LogP contribution >= 0.6 is 0 Å². The monoisotopic (exact) mass is 264 g/mol. The van der Waals surface area contributed by atoms with Gasteiger partial charge < -0.3 is 4.74 Å². The van der Waals surface area contributed by atoms with Crippen LogP contribution in [0.4, 0.5) is 0 Å². The van der Waals surface area contributed by atoms with Crippen LogP contribution in [0.3, 0.4) is 0 Å². The number of hydrogen-bond donors (Lipinski definition) is 1. The molecule has 6 heteroatoms. The predicted molar refractivity (Wildman–Crippen MR) is 68.0 cm³/mol. The van der Waals surface area contributed by atoms with Crippen LogP contribution in [0.25, 0.3) is 0 Å². The van der Waals surface area contributed by atoms with Crippen molar-refractivity contribution in [2.75, 3.05) is 20.8 Å². The zero-order valence-corrected chi connectivity index (χ0v) is 11.8. The number of nitrogens with zero attached hydrogens (tertiary/aromatic N) is 1. The lowest BCUT2D eigenvalue weighted by Gasteiger charge is -2.31. The van der Waals surface area contributed by atoms with Crippen molar-refractivity contribution >= 4 is 10.2 Å². The molecule has 0 aromatic heterocycles. The summed E-state index contributed by atoms with van der Waals surface area (Å²) >= 11 is 0. The second kappa shape index (κ2) is 6.68. The molecule has 17 heavy (non-hydrogen) atoms. The van der Waals surface area contributed by atoms with Gasteiger partial charge in [0, 0.05) is 26.2 Å². The molecular formula is C11H24N2O3S. The number of hydrogen-bond acceptors (Lipinski definition) is 3. The standard InChI is InChI=1S/C11H24N2O3S/c1-10(9-16-3)12-17(14,15)13(2)11-7-5-4-6-8-11/h10-12H,4-9H2,1-3H3. The van der Waals surface area contributed by atoms with Crippen molar-refractivity contribution in [3.05, 3.63) is 0 Å². The maximum absolute atomic E-state index is 12.1. The Balaban J connectivity index is 2.55. The Morgan fingerprint density at radius 3 is 2.47 bits per heavy atom. The Hall–Kier alpha value is -0.170. The maximum Gasteiger partial charge on any atom is 0.279 e. The van der Waals surface area contributed by atoms with Gasteiger partial charge in [0.15, 0.2) is 0 Å². The van der Waals surface area contributed by atoms with Crippen LogP contribution in [0, 0.1) is 0 Å². The Morgan fingerprint density at radius 2 is 1.94 bits per heavy atom. The lowest BCUT2D eigenvalue weighted by atomic mass is 9.96. The summed E-state index contributed by atoms with van der Waals surface area (Å²) in [5, 5.41) is 0. The molecule has 0 heterocycles. The summed E-state index contributed by atoms with van der Waals surface area (Å²) in [7, 11) is -0.148. The molecule has 1 unspecified atom stereocenters. The van der Waals surface area contributed by atoms with Crippen molar-refractivity contribution in [1.29, 1.82) is 0 Å². The third kappa shape index (κ3) is 4.54. The smallest absolute Gasteiger partial charge is 0.279 e. The summed E-state index contributed by atoms with van der Waals surface area (Å²) in [5.41, 5.74) is 0. The molecule has 0 amide bonds. The predicted octanol–water partition coefficient (Wildman–Crippen LogP) is 1.12. The molecule has 1 fully saturated rings. The molecule has 5 nitrogen and oxygen atoms in total. The minimum atomic E-state index is -3.38. The van der Waals surface area contributed by atoms with E-state index in [9.17, 15) is 8.42 Å². The zero-order chi connectivity index (χ0) is 12.9. The van der Waals surface area contributed by atoms with Crippen LogP contribution in [0.5, 0.6) is 0 Å². The highest BCUT2D eigenvalue weighted by Gasteiger charge is 2.28. The summed E-state index contributed by atoms with van der Waals surface area (Å²) in [6, 6.07) is -0.0490. The molecule has 0 radical (unpaired) electrons. The number of ether oxygens (including phenoxy) is 1. The van der Waals surface area contributed by atoms with E-state index in [1.54, 1.807) is 21.1 Å². The number of methoxy groups -OCH3 is 1. The van der Waals surface area contributed by atoms with E-state index in [2.05, 4.69) is 4.72 Å². The summed E-state index contributed by atoms with van der Waals surface area (Å²) in [4.78, 5) is 0. The molecule has 0 spiro atoms. The van der Waals surface area contributed by atoms with E-state index in [4.69, 9.17) is 4.74 Å². The Bertz CT molecular complexity index is 313. The van der Waals surface area contributed by atoms with Crippen LogP contribution in [-0.4, -0.2) is 45.6 Å². The third-order valence-electron chi connectivity index (χ3n) is 3.23. The quantitative estimate of drug-likeness (QED) is 0.782. The summed E-state index contributed by atoms with van der Waals surface area (Å²) in [6.45, 7) is 2.19. The molecule has 0 bridgehead atoms. The van der Waals surface area contributed by atoms with E-state index in [-0.39, 0.29) is 12.1 Å². The SMILES string of the molecule is COCC(C)NS(=O)(=O)N(C)C1CCCCC1. The number of rotatable bonds is 6.